The Labute approximate surface area is 147 Å². The fraction of sp³-hybridized carbons (Fsp3) is 0.167. The van der Waals surface area contributed by atoms with Crippen molar-refractivity contribution in [2.45, 2.75) is 11.3 Å². The van der Waals surface area contributed by atoms with E-state index >= 15 is 0 Å². The van der Waals surface area contributed by atoms with Gasteiger partial charge in [0.1, 0.15) is 11.0 Å². The highest BCUT2D eigenvalue weighted by Gasteiger charge is 2.26. The van der Waals surface area contributed by atoms with Crippen LogP contribution in [0.25, 0.3) is 0 Å². The van der Waals surface area contributed by atoms with Crippen molar-refractivity contribution < 1.29 is 8.42 Å². The minimum Gasteiger partial charge on any atom is -0.207 e. The van der Waals surface area contributed by atoms with Crippen LogP contribution in [-0.2, 0) is 16.4 Å². The van der Waals surface area contributed by atoms with E-state index in [1.807, 2.05) is 36.4 Å². The largest absolute Gasteiger partial charge is 0.244 e. The predicted molar refractivity (Wildman–Crippen MR) is 95.3 cm³/mol. The maximum Gasteiger partial charge on any atom is 0.244 e. The molecule has 124 valence electrons. The van der Waals surface area contributed by atoms with E-state index in [1.54, 1.807) is 0 Å². The van der Waals surface area contributed by atoms with Gasteiger partial charge in [-0.25, -0.2) is 8.42 Å². The van der Waals surface area contributed by atoms with Crippen LogP contribution < -0.4 is 0 Å². The molecule has 0 unspecified atom stereocenters. The fourth-order valence-electron chi connectivity index (χ4n) is 2.29. The summed E-state index contributed by atoms with van der Waals surface area (Å²) in [6.07, 6.45) is 2.09. The molecule has 0 aliphatic carbocycles. The molecule has 0 aromatic heterocycles. The first-order chi connectivity index (χ1) is 11.5. The SMILES string of the molecule is C=CCN(CCc1ccccc1)S(=O)(=O)c1cc(Cl)ccc1C#N. The van der Waals surface area contributed by atoms with Crippen molar-refractivity contribution in [2.24, 2.45) is 0 Å². The number of hydrogen-bond donors (Lipinski definition) is 0. The van der Waals surface area contributed by atoms with Gasteiger partial charge in [0.2, 0.25) is 10.0 Å². The third-order valence-corrected chi connectivity index (χ3v) is 5.65. The molecule has 0 saturated heterocycles. The Morgan fingerprint density at radius 2 is 1.92 bits per heavy atom. The summed E-state index contributed by atoms with van der Waals surface area (Å²) in [5.74, 6) is 0. The number of halogens is 1. The summed E-state index contributed by atoms with van der Waals surface area (Å²) in [7, 11) is -3.84. The van der Waals surface area contributed by atoms with Crippen molar-refractivity contribution in [1.82, 2.24) is 4.31 Å². The Kier molecular flexibility index (Phi) is 6.16. The topological polar surface area (TPSA) is 61.2 Å². The minimum absolute atomic E-state index is 0.0765. The van der Waals surface area contributed by atoms with Gasteiger partial charge in [-0.1, -0.05) is 48.0 Å². The van der Waals surface area contributed by atoms with Crippen molar-refractivity contribution >= 4 is 21.6 Å². The number of rotatable bonds is 7. The highest BCUT2D eigenvalue weighted by atomic mass is 35.5. The summed E-state index contributed by atoms with van der Waals surface area (Å²) in [4.78, 5) is -0.0765. The summed E-state index contributed by atoms with van der Waals surface area (Å²) >= 11 is 5.92. The van der Waals surface area contributed by atoms with Gasteiger partial charge in [-0.15, -0.1) is 6.58 Å². The van der Waals surface area contributed by atoms with Crippen molar-refractivity contribution in [1.29, 1.82) is 5.26 Å². The van der Waals surface area contributed by atoms with E-state index in [4.69, 9.17) is 11.6 Å². The molecule has 0 radical (unpaired) electrons. The van der Waals surface area contributed by atoms with Crippen LogP contribution in [0.2, 0.25) is 5.02 Å². The molecule has 0 amide bonds. The third-order valence-electron chi connectivity index (χ3n) is 3.51. The maximum absolute atomic E-state index is 12.9. The summed E-state index contributed by atoms with van der Waals surface area (Å²) in [5.41, 5.74) is 1.11. The normalized spacial score (nSPS) is 11.2. The molecule has 2 rings (SSSR count). The molecule has 0 bridgehead atoms. The van der Waals surface area contributed by atoms with Gasteiger partial charge in [0.15, 0.2) is 0 Å². The Bertz CT molecular complexity index is 858. The first kappa shape index (κ1) is 18.2. The van der Waals surface area contributed by atoms with E-state index in [0.29, 0.717) is 6.42 Å². The standard InChI is InChI=1S/C18H17ClN2O2S/c1-2-11-21(12-10-15-6-4-3-5-7-15)24(22,23)18-13-17(19)9-8-16(18)14-20/h2-9,13H,1,10-12H2. The molecular formula is C18H17ClN2O2S. The zero-order chi connectivity index (χ0) is 17.6. The van der Waals surface area contributed by atoms with Gasteiger partial charge in [0, 0.05) is 18.1 Å². The minimum atomic E-state index is -3.84. The van der Waals surface area contributed by atoms with E-state index in [2.05, 4.69) is 6.58 Å². The quantitative estimate of drug-likeness (QED) is 0.708. The molecule has 0 spiro atoms. The van der Waals surface area contributed by atoms with Gasteiger partial charge < -0.3 is 0 Å². The summed E-state index contributed by atoms with van der Waals surface area (Å²) in [6, 6.07) is 15.8. The van der Waals surface area contributed by atoms with Gasteiger partial charge in [-0.05, 0) is 30.2 Å². The monoisotopic (exact) mass is 360 g/mol. The van der Waals surface area contributed by atoms with Crippen molar-refractivity contribution in [3.05, 3.63) is 77.3 Å². The molecular weight excluding hydrogens is 344 g/mol. The predicted octanol–water partition coefficient (Wildman–Crippen LogP) is 3.63. The number of benzene rings is 2. The molecule has 6 heteroatoms. The number of nitrogens with zero attached hydrogens (tertiary/aromatic N) is 2. The molecule has 0 N–H and O–H groups in total. The Morgan fingerprint density at radius 1 is 1.21 bits per heavy atom. The van der Waals surface area contributed by atoms with Gasteiger partial charge in [0.05, 0.1) is 5.56 Å². The molecule has 24 heavy (non-hydrogen) atoms. The molecule has 2 aromatic carbocycles. The van der Waals surface area contributed by atoms with Gasteiger partial charge in [0.25, 0.3) is 0 Å². The molecule has 0 saturated carbocycles. The van der Waals surface area contributed by atoms with E-state index in [0.717, 1.165) is 5.56 Å². The first-order valence-electron chi connectivity index (χ1n) is 7.33. The van der Waals surface area contributed by atoms with Crippen molar-refractivity contribution in [2.75, 3.05) is 13.1 Å². The molecule has 0 fully saturated rings. The van der Waals surface area contributed by atoms with Crippen molar-refractivity contribution in [3.8, 4) is 6.07 Å². The lowest BCUT2D eigenvalue weighted by molar-refractivity contribution is 0.445. The lowest BCUT2D eigenvalue weighted by atomic mass is 10.1. The van der Waals surface area contributed by atoms with Gasteiger partial charge in [-0.2, -0.15) is 9.57 Å². The highest BCUT2D eigenvalue weighted by Crippen LogP contribution is 2.24. The third kappa shape index (κ3) is 4.24. The van der Waals surface area contributed by atoms with Gasteiger partial charge >= 0.3 is 0 Å². The number of sulfonamides is 1. The first-order valence-corrected chi connectivity index (χ1v) is 9.15. The Morgan fingerprint density at radius 3 is 2.54 bits per heavy atom. The fourth-order valence-corrected chi connectivity index (χ4v) is 4.11. The lowest BCUT2D eigenvalue weighted by Gasteiger charge is -2.21. The Balaban J connectivity index is 2.34. The van der Waals surface area contributed by atoms with Crippen LogP contribution in [0, 0.1) is 11.3 Å². The molecule has 4 nitrogen and oxygen atoms in total. The van der Waals surface area contributed by atoms with E-state index in [1.165, 1.54) is 28.6 Å². The second-order valence-electron chi connectivity index (χ2n) is 5.14. The van der Waals surface area contributed by atoms with Crippen molar-refractivity contribution in [3.63, 3.8) is 0 Å². The van der Waals surface area contributed by atoms with Crippen LogP contribution in [0.3, 0.4) is 0 Å². The molecule has 0 heterocycles. The number of nitriles is 1. The van der Waals surface area contributed by atoms with E-state index in [9.17, 15) is 13.7 Å². The van der Waals surface area contributed by atoms with Crippen LogP contribution in [-0.4, -0.2) is 25.8 Å². The Hall–Kier alpha value is -2.13. The summed E-state index contributed by atoms with van der Waals surface area (Å²) in [5, 5.41) is 9.47. The van der Waals surface area contributed by atoms with E-state index in [-0.39, 0.29) is 28.6 Å². The molecule has 2 aromatic rings. The highest BCUT2D eigenvalue weighted by molar-refractivity contribution is 7.89. The van der Waals surface area contributed by atoms with Crippen LogP contribution in [0.4, 0.5) is 0 Å². The lowest BCUT2D eigenvalue weighted by Crippen LogP contribution is -2.33. The van der Waals surface area contributed by atoms with E-state index < -0.39 is 10.0 Å². The number of hydrogen-bond acceptors (Lipinski definition) is 3. The second kappa shape index (κ2) is 8.11. The summed E-state index contributed by atoms with van der Waals surface area (Å²) < 4.78 is 27.2. The maximum atomic E-state index is 12.9. The zero-order valence-corrected chi connectivity index (χ0v) is 14.6. The van der Waals surface area contributed by atoms with Crippen LogP contribution in [0.15, 0.2) is 66.1 Å². The molecule has 0 aliphatic heterocycles. The average Bonchev–Trinajstić information content (AvgIpc) is 2.59. The zero-order valence-electron chi connectivity index (χ0n) is 13.0. The van der Waals surface area contributed by atoms with Crippen LogP contribution in [0.5, 0.6) is 0 Å². The van der Waals surface area contributed by atoms with Gasteiger partial charge in [-0.3, -0.25) is 0 Å². The molecule has 0 atom stereocenters. The smallest absolute Gasteiger partial charge is 0.207 e. The van der Waals surface area contributed by atoms with Crippen LogP contribution >= 0.6 is 11.6 Å². The molecule has 0 aliphatic rings. The summed E-state index contributed by atoms with van der Waals surface area (Å²) in [6.45, 7) is 4.07. The average molecular weight is 361 g/mol. The second-order valence-corrected chi connectivity index (χ2v) is 7.48. The van der Waals surface area contributed by atoms with Crippen LogP contribution in [0.1, 0.15) is 11.1 Å².